The van der Waals surface area contributed by atoms with E-state index in [1.165, 1.54) is 6.92 Å². The summed E-state index contributed by atoms with van der Waals surface area (Å²) in [5, 5.41) is 26.1. The largest absolute Gasteiger partial charge is 0.462 e. The fourth-order valence-electron chi connectivity index (χ4n) is 4.83. The Labute approximate surface area is 259 Å². The van der Waals surface area contributed by atoms with E-state index in [4.69, 9.17) is 36.1 Å². The van der Waals surface area contributed by atoms with E-state index in [9.17, 15) is 28.6 Å². The molecule has 2 aromatic carbocycles. The second-order valence-electron chi connectivity index (χ2n) is 10.7. The van der Waals surface area contributed by atoms with Crippen molar-refractivity contribution in [3.05, 3.63) is 59.1 Å². The van der Waals surface area contributed by atoms with Crippen molar-refractivity contribution in [1.82, 2.24) is 24.6 Å². The molecule has 45 heavy (non-hydrogen) atoms. The molecule has 1 aliphatic heterocycles. The summed E-state index contributed by atoms with van der Waals surface area (Å²) in [6.45, 7) is -0.277. The average molecular weight is 669 g/mol. The van der Waals surface area contributed by atoms with Gasteiger partial charge in [0.25, 0.3) is 12.0 Å². The first kappa shape index (κ1) is 32.8. The molecule has 1 aliphatic rings. The third kappa shape index (κ3) is 6.42. The number of imidazole rings is 1. The van der Waals surface area contributed by atoms with Crippen LogP contribution in [0.5, 0.6) is 5.75 Å². The number of nitrogens with two attached hydrogens (primary N) is 1. The number of anilines is 1. The zero-order valence-electron chi connectivity index (χ0n) is 24.2. The van der Waals surface area contributed by atoms with E-state index < -0.39 is 67.4 Å². The van der Waals surface area contributed by atoms with Gasteiger partial charge in [-0.1, -0.05) is 36.4 Å². The summed E-state index contributed by atoms with van der Waals surface area (Å²) in [5.74, 6) is -0.758. The first-order chi connectivity index (χ1) is 21.2. The number of hydrogen-bond donors (Lipinski definition) is 5. The second-order valence-corrected chi connectivity index (χ2v) is 13.8. The number of alkyl halides is 2. The number of esters is 1. The number of aromatic nitrogens is 4. The van der Waals surface area contributed by atoms with Gasteiger partial charge in [-0.05, 0) is 44.0 Å². The quantitative estimate of drug-likeness (QED) is 0.116. The van der Waals surface area contributed by atoms with E-state index in [0.29, 0.717) is 5.39 Å². The zero-order valence-corrected chi connectivity index (χ0v) is 25.9. The number of carbonyl (C=O) groups excluding carboxylic acids is 1. The van der Waals surface area contributed by atoms with Crippen molar-refractivity contribution in [2.24, 2.45) is 0 Å². The molecule has 6 N–H and O–H groups in total. The maximum Gasteiger partial charge on any atom is 0.323 e. The summed E-state index contributed by atoms with van der Waals surface area (Å²) in [6, 6.07) is 11.2. The molecule has 18 heteroatoms. The molecular weight excluding hydrogens is 637 g/mol. The molecule has 0 saturated carbocycles. The highest BCUT2D eigenvalue weighted by molar-refractivity contribution is 8.09. The van der Waals surface area contributed by atoms with Crippen molar-refractivity contribution in [2.45, 2.75) is 63.4 Å². The highest BCUT2D eigenvalue weighted by Crippen LogP contribution is 2.50. The standard InChI is InChI=1S/C27H31F2N6O8PS/c1-13(2)41-24(39)14(3)34-44(45,43-17-10-6-8-15-7-4-5-9-16(15)17)40-11-27(25(28)29)20(37)19(36)23(42-27)35-12-31-18-21(35)32-26(30)33-22(18)38/h4-10,12-14,19-20,23,25,36-37H,11H2,1-3H3,(H,34,45)(H3,30,32,33,38). The molecule has 2 aromatic heterocycles. The molecule has 0 amide bonds. The summed E-state index contributed by atoms with van der Waals surface area (Å²) in [4.78, 5) is 35.0. The Morgan fingerprint density at radius 2 is 1.96 bits per heavy atom. The first-order valence-corrected chi connectivity index (χ1v) is 16.3. The van der Waals surface area contributed by atoms with Crippen LogP contribution in [-0.4, -0.2) is 78.7 Å². The minimum atomic E-state index is -3.93. The Morgan fingerprint density at radius 3 is 2.67 bits per heavy atom. The summed E-state index contributed by atoms with van der Waals surface area (Å²) in [6.07, 6.45) is -8.75. The van der Waals surface area contributed by atoms with Crippen LogP contribution in [0.4, 0.5) is 14.7 Å². The summed E-state index contributed by atoms with van der Waals surface area (Å²) >= 11 is 5.72. The Bertz CT molecular complexity index is 1820. The van der Waals surface area contributed by atoms with Gasteiger partial charge in [-0.3, -0.25) is 19.1 Å². The molecular formula is C27H31F2N6O8PS. The monoisotopic (exact) mass is 668 g/mol. The fraction of sp³-hybridized carbons (Fsp3) is 0.407. The van der Waals surface area contributed by atoms with Crippen LogP contribution in [0.1, 0.15) is 27.0 Å². The molecule has 4 aromatic rings. The number of aliphatic hydroxyl groups is 2. The predicted molar refractivity (Wildman–Crippen MR) is 162 cm³/mol. The highest BCUT2D eigenvalue weighted by atomic mass is 32.5. The van der Waals surface area contributed by atoms with Crippen molar-refractivity contribution >= 4 is 52.3 Å². The maximum atomic E-state index is 14.9. The molecule has 0 spiro atoms. The number of ether oxygens (including phenoxy) is 2. The van der Waals surface area contributed by atoms with Gasteiger partial charge in [0.05, 0.1) is 19.0 Å². The van der Waals surface area contributed by atoms with E-state index in [2.05, 4.69) is 20.0 Å². The molecule has 1 saturated heterocycles. The Morgan fingerprint density at radius 1 is 1.24 bits per heavy atom. The smallest absolute Gasteiger partial charge is 0.323 e. The number of aromatic amines is 1. The lowest BCUT2D eigenvalue weighted by atomic mass is 9.96. The minimum Gasteiger partial charge on any atom is -0.462 e. The number of fused-ring (bicyclic) bond motifs is 2. The zero-order chi connectivity index (χ0) is 32.7. The van der Waals surface area contributed by atoms with Crippen LogP contribution >= 0.6 is 6.64 Å². The van der Waals surface area contributed by atoms with E-state index >= 15 is 0 Å². The third-order valence-corrected chi connectivity index (χ3v) is 9.50. The number of nitrogen functional groups attached to an aromatic ring is 1. The van der Waals surface area contributed by atoms with Gasteiger partial charge < -0.3 is 34.5 Å². The van der Waals surface area contributed by atoms with E-state index in [0.717, 1.165) is 16.3 Å². The molecule has 0 aliphatic carbocycles. The first-order valence-electron chi connectivity index (χ1n) is 13.7. The average Bonchev–Trinajstić information content (AvgIpc) is 3.51. The summed E-state index contributed by atoms with van der Waals surface area (Å²) in [7, 11) is 0. The second kappa shape index (κ2) is 12.7. The lowest BCUT2D eigenvalue weighted by Crippen LogP contribution is -2.53. The van der Waals surface area contributed by atoms with Crippen LogP contribution in [0, 0.1) is 0 Å². The molecule has 0 bridgehead atoms. The molecule has 14 nitrogen and oxygen atoms in total. The van der Waals surface area contributed by atoms with Crippen LogP contribution in [0.25, 0.3) is 21.9 Å². The third-order valence-electron chi connectivity index (χ3n) is 7.04. The predicted octanol–water partition coefficient (Wildman–Crippen LogP) is 2.36. The van der Waals surface area contributed by atoms with Crippen molar-refractivity contribution in [3.8, 4) is 5.75 Å². The normalized spacial score (nSPS) is 23.9. The number of halogens is 2. The summed E-state index contributed by atoms with van der Waals surface area (Å²) in [5.41, 5.74) is 1.68. The topological polar surface area (TPSA) is 196 Å². The number of hydrogen-bond acceptors (Lipinski definition) is 12. The van der Waals surface area contributed by atoms with Gasteiger partial charge in [0.1, 0.15) is 24.0 Å². The van der Waals surface area contributed by atoms with Gasteiger partial charge in [0, 0.05) is 5.39 Å². The van der Waals surface area contributed by atoms with E-state index in [1.54, 1.807) is 38.1 Å². The van der Waals surface area contributed by atoms with Crippen LogP contribution < -0.4 is 20.9 Å². The van der Waals surface area contributed by atoms with Gasteiger partial charge in [-0.25, -0.2) is 18.9 Å². The molecule has 5 rings (SSSR count). The number of benzene rings is 2. The lowest BCUT2D eigenvalue weighted by molar-refractivity contribution is -0.191. The molecule has 3 heterocycles. The van der Waals surface area contributed by atoms with Crippen LogP contribution in [0.3, 0.4) is 0 Å². The Kier molecular flexibility index (Phi) is 9.24. The number of aliphatic hydroxyl groups excluding tert-OH is 2. The van der Waals surface area contributed by atoms with Crippen molar-refractivity contribution < 1.29 is 42.3 Å². The lowest BCUT2D eigenvalue weighted by Gasteiger charge is -2.34. The number of rotatable bonds is 11. The van der Waals surface area contributed by atoms with Gasteiger partial charge >= 0.3 is 12.6 Å². The molecule has 0 radical (unpaired) electrons. The van der Waals surface area contributed by atoms with Gasteiger partial charge in [-0.15, -0.1) is 0 Å². The minimum absolute atomic E-state index is 0.179. The van der Waals surface area contributed by atoms with Crippen LogP contribution in [0.15, 0.2) is 53.6 Å². The van der Waals surface area contributed by atoms with Gasteiger partial charge in [0.15, 0.2) is 23.0 Å². The highest BCUT2D eigenvalue weighted by Gasteiger charge is 2.61. The molecule has 1 fully saturated rings. The number of nitrogens with one attached hydrogen (secondary N) is 2. The number of nitrogens with zero attached hydrogens (tertiary/aromatic N) is 3. The molecule has 6 unspecified atom stereocenters. The van der Waals surface area contributed by atoms with Crippen LogP contribution in [0.2, 0.25) is 0 Å². The Balaban J connectivity index is 1.48. The van der Waals surface area contributed by atoms with E-state index in [1.807, 2.05) is 18.2 Å². The van der Waals surface area contributed by atoms with Crippen molar-refractivity contribution in [3.63, 3.8) is 0 Å². The van der Waals surface area contributed by atoms with Gasteiger partial charge in [0.2, 0.25) is 5.95 Å². The summed E-state index contributed by atoms with van der Waals surface area (Å²) < 4.78 is 53.6. The van der Waals surface area contributed by atoms with Gasteiger partial charge in [-0.2, -0.15) is 4.98 Å². The molecule has 6 atom stereocenters. The van der Waals surface area contributed by atoms with Crippen LogP contribution in [-0.2, 0) is 30.6 Å². The van der Waals surface area contributed by atoms with E-state index in [-0.39, 0.29) is 22.9 Å². The number of H-pyrrole nitrogens is 1. The SMILES string of the molecule is CC(C)OC(=O)C(C)NP(=S)(OCC1(C(F)F)OC(n2cnc3c(=O)[nH]c(N)nc32)C(O)C1O)Oc1cccc2ccccc12. The fourth-order valence-corrected chi connectivity index (χ4v) is 7.25. The Hall–Kier alpha value is -3.57. The maximum absolute atomic E-state index is 14.9. The van der Waals surface area contributed by atoms with Crippen molar-refractivity contribution in [1.29, 1.82) is 0 Å². The van der Waals surface area contributed by atoms with Crippen molar-refractivity contribution in [2.75, 3.05) is 12.3 Å². The number of carbonyl (C=O) groups is 1. The molecule has 242 valence electrons.